The Bertz CT molecular complexity index is 637. The molecule has 0 aliphatic heterocycles. The fourth-order valence-corrected chi connectivity index (χ4v) is 2.82. The van der Waals surface area contributed by atoms with E-state index >= 15 is 0 Å². The third-order valence-electron chi connectivity index (χ3n) is 4.28. The molecule has 0 fully saturated rings. The van der Waals surface area contributed by atoms with Crippen LogP contribution in [-0.4, -0.2) is 12.5 Å². The Kier molecular flexibility index (Phi) is 7.52. The standard InChI is InChI=1S/C22H29NO2/c1-4-8-17(2)16-25-21-13-11-19(12-14-21)15-22(24)23-18(3)20-9-6-5-7-10-20/h5-7,9-14,17-18H,4,8,15-16H2,1-3H3,(H,23,24). The first-order chi connectivity index (χ1) is 12.1. The summed E-state index contributed by atoms with van der Waals surface area (Å²) in [5, 5.41) is 3.04. The maximum atomic E-state index is 12.2. The number of ether oxygens (including phenoxy) is 1. The average molecular weight is 339 g/mol. The van der Waals surface area contributed by atoms with Gasteiger partial charge in [-0.25, -0.2) is 0 Å². The summed E-state index contributed by atoms with van der Waals surface area (Å²) in [7, 11) is 0. The van der Waals surface area contributed by atoms with Crippen LogP contribution in [0.5, 0.6) is 5.75 Å². The van der Waals surface area contributed by atoms with E-state index in [4.69, 9.17) is 4.74 Å². The second-order valence-electron chi connectivity index (χ2n) is 6.73. The summed E-state index contributed by atoms with van der Waals surface area (Å²) in [4.78, 5) is 12.2. The van der Waals surface area contributed by atoms with Gasteiger partial charge in [-0.1, -0.05) is 62.7 Å². The molecule has 2 atom stereocenters. The molecule has 0 bridgehead atoms. The summed E-state index contributed by atoms with van der Waals surface area (Å²) in [6.07, 6.45) is 2.74. The molecular weight excluding hydrogens is 310 g/mol. The molecule has 2 rings (SSSR count). The molecule has 0 spiro atoms. The highest BCUT2D eigenvalue weighted by molar-refractivity contribution is 5.79. The molecule has 0 saturated heterocycles. The fraction of sp³-hybridized carbons (Fsp3) is 0.409. The van der Waals surface area contributed by atoms with E-state index in [-0.39, 0.29) is 11.9 Å². The zero-order valence-corrected chi connectivity index (χ0v) is 15.5. The second-order valence-corrected chi connectivity index (χ2v) is 6.73. The number of nitrogens with one attached hydrogen (secondary N) is 1. The second kappa shape index (κ2) is 9.87. The van der Waals surface area contributed by atoms with Crippen molar-refractivity contribution >= 4 is 5.91 Å². The third kappa shape index (κ3) is 6.61. The van der Waals surface area contributed by atoms with Crippen molar-refractivity contribution in [3.63, 3.8) is 0 Å². The molecular formula is C22H29NO2. The number of amides is 1. The van der Waals surface area contributed by atoms with Crippen molar-refractivity contribution in [1.82, 2.24) is 5.32 Å². The zero-order valence-electron chi connectivity index (χ0n) is 15.5. The van der Waals surface area contributed by atoms with Gasteiger partial charge in [-0.2, -0.15) is 0 Å². The van der Waals surface area contributed by atoms with Crippen molar-refractivity contribution in [3.05, 3.63) is 65.7 Å². The van der Waals surface area contributed by atoms with Gasteiger partial charge < -0.3 is 10.1 Å². The van der Waals surface area contributed by atoms with Gasteiger partial charge in [0.15, 0.2) is 0 Å². The van der Waals surface area contributed by atoms with Gasteiger partial charge in [0.25, 0.3) is 0 Å². The van der Waals surface area contributed by atoms with Gasteiger partial charge in [-0.05, 0) is 42.5 Å². The van der Waals surface area contributed by atoms with Crippen LogP contribution < -0.4 is 10.1 Å². The Morgan fingerprint density at radius 3 is 2.36 bits per heavy atom. The zero-order chi connectivity index (χ0) is 18.1. The lowest BCUT2D eigenvalue weighted by molar-refractivity contribution is -0.121. The first-order valence-corrected chi connectivity index (χ1v) is 9.14. The van der Waals surface area contributed by atoms with E-state index in [1.807, 2.05) is 61.5 Å². The lowest BCUT2D eigenvalue weighted by Gasteiger charge is -2.15. The molecule has 0 saturated carbocycles. The fourth-order valence-electron chi connectivity index (χ4n) is 2.82. The molecule has 0 aliphatic carbocycles. The number of hydrogen-bond acceptors (Lipinski definition) is 2. The topological polar surface area (TPSA) is 38.3 Å². The van der Waals surface area contributed by atoms with Crippen molar-refractivity contribution in [2.45, 2.75) is 46.1 Å². The van der Waals surface area contributed by atoms with Crippen LogP contribution in [0, 0.1) is 5.92 Å². The molecule has 0 radical (unpaired) electrons. The van der Waals surface area contributed by atoms with Crippen LogP contribution in [0.2, 0.25) is 0 Å². The number of benzene rings is 2. The number of carbonyl (C=O) groups is 1. The van der Waals surface area contributed by atoms with Crippen molar-refractivity contribution in [1.29, 1.82) is 0 Å². The summed E-state index contributed by atoms with van der Waals surface area (Å²) in [6.45, 7) is 7.13. The van der Waals surface area contributed by atoms with Crippen molar-refractivity contribution in [2.24, 2.45) is 5.92 Å². The number of hydrogen-bond donors (Lipinski definition) is 1. The Hall–Kier alpha value is -2.29. The first kappa shape index (κ1) is 19.0. The lowest BCUT2D eigenvalue weighted by atomic mass is 10.1. The number of carbonyl (C=O) groups excluding carboxylic acids is 1. The van der Waals surface area contributed by atoms with E-state index in [1.54, 1.807) is 0 Å². The largest absolute Gasteiger partial charge is 0.493 e. The predicted octanol–water partition coefficient (Wildman–Crippen LogP) is 4.92. The minimum atomic E-state index is 0.0105. The summed E-state index contributed by atoms with van der Waals surface area (Å²) in [5.41, 5.74) is 2.10. The molecule has 0 aliphatic rings. The summed E-state index contributed by atoms with van der Waals surface area (Å²) in [5.74, 6) is 1.46. The molecule has 2 aromatic carbocycles. The van der Waals surface area contributed by atoms with E-state index in [0.717, 1.165) is 23.5 Å². The average Bonchev–Trinajstić information content (AvgIpc) is 2.62. The van der Waals surface area contributed by atoms with Crippen LogP contribution in [-0.2, 0) is 11.2 Å². The summed E-state index contributed by atoms with van der Waals surface area (Å²) in [6, 6.07) is 17.8. The quantitative estimate of drug-likeness (QED) is 0.704. The van der Waals surface area contributed by atoms with Gasteiger partial charge in [-0.3, -0.25) is 4.79 Å². The van der Waals surface area contributed by atoms with Gasteiger partial charge in [0.2, 0.25) is 5.91 Å². The minimum absolute atomic E-state index is 0.0105. The van der Waals surface area contributed by atoms with E-state index in [0.29, 0.717) is 12.3 Å². The van der Waals surface area contributed by atoms with Crippen LogP contribution >= 0.6 is 0 Å². The van der Waals surface area contributed by atoms with Gasteiger partial charge >= 0.3 is 0 Å². The normalized spacial score (nSPS) is 13.1. The maximum Gasteiger partial charge on any atom is 0.224 e. The molecule has 2 aromatic rings. The predicted molar refractivity (Wildman–Crippen MR) is 103 cm³/mol. The van der Waals surface area contributed by atoms with Crippen molar-refractivity contribution in [3.8, 4) is 5.75 Å². The monoisotopic (exact) mass is 339 g/mol. The first-order valence-electron chi connectivity index (χ1n) is 9.14. The van der Waals surface area contributed by atoms with Crippen LogP contribution in [0.4, 0.5) is 0 Å². The van der Waals surface area contributed by atoms with Crippen molar-refractivity contribution in [2.75, 3.05) is 6.61 Å². The van der Waals surface area contributed by atoms with E-state index < -0.39 is 0 Å². The molecule has 134 valence electrons. The van der Waals surface area contributed by atoms with Crippen LogP contribution in [0.15, 0.2) is 54.6 Å². The molecule has 1 N–H and O–H groups in total. The Labute approximate surface area is 151 Å². The molecule has 0 heterocycles. The molecule has 2 unspecified atom stereocenters. The van der Waals surface area contributed by atoms with Gasteiger partial charge in [0.1, 0.15) is 5.75 Å². The smallest absolute Gasteiger partial charge is 0.224 e. The van der Waals surface area contributed by atoms with E-state index in [9.17, 15) is 4.79 Å². The molecule has 3 heteroatoms. The van der Waals surface area contributed by atoms with Gasteiger partial charge in [0, 0.05) is 0 Å². The highest BCUT2D eigenvalue weighted by Gasteiger charge is 2.10. The molecule has 1 amide bonds. The lowest BCUT2D eigenvalue weighted by Crippen LogP contribution is -2.28. The van der Waals surface area contributed by atoms with Crippen molar-refractivity contribution < 1.29 is 9.53 Å². The van der Waals surface area contributed by atoms with E-state index in [1.165, 1.54) is 12.8 Å². The molecule has 0 aromatic heterocycles. The van der Waals surface area contributed by atoms with E-state index in [2.05, 4.69) is 19.2 Å². The van der Waals surface area contributed by atoms with Crippen LogP contribution in [0.25, 0.3) is 0 Å². The number of rotatable bonds is 9. The highest BCUT2D eigenvalue weighted by Crippen LogP contribution is 2.16. The van der Waals surface area contributed by atoms with Gasteiger partial charge in [-0.15, -0.1) is 0 Å². The Morgan fingerprint density at radius 1 is 1.04 bits per heavy atom. The molecule has 3 nitrogen and oxygen atoms in total. The Balaban J connectivity index is 1.81. The summed E-state index contributed by atoms with van der Waals surface area (Å²) < 4.78 is 5.80. The van der Waals surface area contributed by atoms with Crippen LogP contribution in [0.1, 0.15) is 50.8 Å². The summed E-state index contributed by atoms with van der Waals surface area (Å²) >= 11 is 0. The van der Waals surface area contributed by atoms with Gasteiger partial charge in [0.05, 0.1) is 19.1 Å². The SMILES string of the molecule is CCCC(C)COc1ccc(CC(=O)NC(C)c2ccccc2)cc1. The Morgan fingerprint density at radius 2 is 1.72 bits per heavy atom. The maximum absolute atomic E-state index is 12.2. The highest BCUT2D eigenvalue weighted by atomic mass is 16.5. The van der Waals surface area contributed by atoms with Crippen LogP contribution in [0.3, 0.4) is 0 Å². The minimum Gasteiger partial charge on any atom is -0.493 e. The third-order valence-corrected chi connectivity index (χ3v) is 4.28. The molecule has 25 heavy (non-hydrogen) atoms.